The van der Waals surface area contributed by atoms with Crippen LogP contribution < -0.4 is 15.2 Å². The van der Waals surface area contributed by atoms with Crippen LogP contribution in [0.15, 0.2) is 71.7 Å². The summed E-state index contributed by atoms with van der Waals surface area (Å²) < 4.78 is 8.12. The number of aryl methyl sites for hydroxylation is 1. The van der Waals surface area contributed by atoms with Crippen molar-refractivity contribution in [1.29, 1.82) is 0 Å². The molecule has 0 saturated heterocycles. The molecule has 1 aliphatic heterocycles. The number of carboxylic acid groups (broad SMARTS) is 1. The number of pyridine rings is 1. The zero-order chi connectivity index (χ0) is 24.7. The Bertz CT molecular complexity index is 1500. The van der Waals surface area contributed by atoms with Gasteiger partial charge in [-0.1, -0.05) is 6.07 Å². The van der Waals surface area contributed by atoms with Gasteiger partial charge >= 0.3 is 5.97 Å². The molecule has 3 heterocycles. The lowest BCUT2D eigenvalue weighted by atomic mass is 10.0. The van der Waals surface area contributed by atoms with Crippen molar-refractivity contribution in [3.8, 4) is 17.1 Å². The van der Waals surface area contributed by atoms with Crippen molar-refractivity contribution < 1.29 is 19.4 Å². The number of methoxy groups -OCH3 is 1. The Hall–Kier alpha value is -4.66. The molecule has 9 nitrogen and oxygen atoms in total. The van der Waals surface area contributed by atoms with Crippen molar-refractivity contribution in [2.24, 2.45) is 0 Å². The zero-order valence-electron chi connectivity index (χ0n) is 19.1. The normalized spacial score (nSPS) is 13.0. The Labute approximate surface area is 200 Å². The molecule has 4 aromatic rings. The minimum absolute atomic E-state index is 0.108. The molecule has 9 heteroatoms. The number of anilines is 1. The van der Waals surface area contributed by atoms with Crippen LogP contribution in [0.2, 0.25) is 0 Å². The maximum Gasteiger partial charge on any atom is 0.356 e. The van der Waals surface area contributed by atoms with Gasteiger partial charge in [-0.05, 0) is 67.9 Å². The van der Waals surface area contributed by atoms with Crippen LogP contribution in [0, 0.1) is 6.92 Å². The standard InChI is InChI=1S/C26H22N4O5/c1-16-4-3-14-28(24(16)31)17-5-7-18(8-6-17)29-15-13-21-22(26(33)34)27-30(23(21)25(29)32)19-9-11-20(35-2)12-10-19/h3-12,14H,13,15H2,1-2H3,(H,33,34). The smallest absolute Gasteiger partial charge is 0.356 e. The lowest BCUT2D eigenvalue weighted by molar-refractivity contribution is 0.0688. The quantitative estimate of drug-likeness (QED) is 0.480. The molecule has 5 rings (SSSR count). The molecule has 2 aromatic carbocycles. The number of amides is 1. The van der Waals surface area contributed by atoms with E-state index < -0.39 is 5.97 Å². The Morgan fingerprint density at radius 3 is 2.29 bits per heavy atom. The largest absolute Gasteiger partial charge is 0.497 e. The van der Waals surface area contributed by atoms with Crippen LogP contribution in [-0.4, -0.2) is 45.0 Å². The number of hydrogen-bond acceptors (Lipinski definition) is 5. The molecule has 35 heavy (non-hydrogen) atoms. The molecular weight excluding hydrogens is 448 g/mol. The highest BCUT2D eigenvalue weighted by Crippen LogP contribution is 2.29. The second kappa shape index (κ2) is 8.60. The maximum absolute atomic E-state index is 13.6. The summed E-state index contributed by atoms with van der Waals surface area (Å²) in [5, 5.41) is 13.9. The third-order valence-electron chi connectivity index (χ3n) is 6.11. The molecule has 2 aromatic heterocycles. The summed E-state index contributed by atoms with van der Waals surface area (Å²) in [4.78, 5) is 39.5. The van der Waals surface area contributed by atoms with Gasteiger partial charge in [-0.15, -0.1) is 0 Å². The summed E-state index contributed by atoms with van der Waals surface area (Å²) in [7, 11) is 1.55. The highest BCUT2D eigenvalue weighted by Gasteiger charge is 2.35. The zero-order valence-corrected chi connectivity index (χ0v) is 19.1. The number of rotatable bonds is 5. The summed E-state index contributed by atoms with van der Waals surface area (Å²) in [6.45, 7) is 2.07. The van der Waals surface area contributed by atoms with Gasteiger partial charge in [-0.2, -0.15) is 5.10 Å². The van der Waals surface area contributed by atoms with Crippen LogP contribution >= 0.6 is 0 Å². The SMILES string of the molecule is COc1ccc(-n2nc(C(=O)O)c3c2C(=O)N(c2ccc(-n4cccc(C)c4=O)cc2)CC3)cc1. The van der Waals surface area contributed by atoms with Crippen LogP contribution in [0.3, 0.4) is 0 Å². The van der Waals surface area contributed by atoms with Crippen molar-refractivity contribution in [3.63, 3.8) is 0 Å². The molecule has 0 unspecified atom stereocenters. The first kappa shape index (κ1) is 22.1. The maximum atomic E-state index is 13.6. The lowest BCUT2D eigenvalue weighted by Crippen LogP contribution is -2.39. The molecule has 1 amide bonds. The number of hydrogen-bond donors (Lipinski definition) is 1. The third-order valence-corrected chi connectivity index (χ3v) is 6.11. The summed E-state index contributed by atoms with van der Waals surface area (Å²) >= 11 is 0. The molecular formula is C26H22N4O5. The van der Waals surface area contributed by atoms with Gasteiger partial charge in [0.2, 0.25) is 0 Å². The first-order valence-corrected chi connectivity index (χ1v) is 11.0. The Kier molecular flexibility index (Phi) is 5.44. The van der Waals surface area contributed by atoms with Crippen molar-refractivity contribution >= 4 is 17.6 Å². The number of aromatic nitrogens is 3. The summed E-state index contributed by atoms with van der Waals surface area (Å²) in [6, 6.07) is 17.6. The molecule has 0 aliphatic carbocycles. The molecule has 0 saturated carbocycles. The number of nitrogens with zero attached hydrogens (tertiary/aromatic N) is 4. The van der Waals surface area contributed by atoms with Crippen molar-refractivity contribution in [2.45, 2.75) is 13.3 Å². The van der Waals surface area contributed by atoms with Crippen LogP contribution in [0.4, 0.5) is 5.69 Å². The molecule has 0 spiro atoms. The molecule has 0 bridgehead atoms. The van der Waals surface area contributed by atoms with E-state index in [2.05, 4.69) is 5.10 Å². The number of ether oxygens (including phenoxy) is 1. The van der Waals surface area contributed by atoms with Gasteiger partial charge in [-0.3, -0.25) is 14.2 Å². The van der Waals surface area contributed by atoms with Crippen LogP contribution in [0.5, 0.6) is 5.75 Å². The van der Waals surface area contributed by atoms with Crippen molar-refractivity contribution in [2.75, 3.05) is 18.6 Å². The van der Waals surface area contributed by atoms with E-state index >= 15 is 0 Å². The highest BCUT2D eigenvalue weighted by atomic mass is 16.5. The Morgan fingerprint density at radius 2 is 1.63 bits per heavy atom. The van der Waals surface area contributed by atoms with Crippen LogP contribution in [0.1, 0.15) is 32.1 Å². The average molecular weight is 470 g/mol. The monoisotopic (exact) mass is 470 g/mol. The summed E-state index contributed by atoms with van der Waals surface area (Å²) in [6.07, 6.45) is 2.04. The van der Waals surface area contributed by atoms with E-state index in [-0.39, 0.29) is 22.9 Å². The Balaban J connectivity index is 1.53. The number of carbonyl (C=O) groups is 2. The fraction of sp³-hybridized carbons (Fsp3) is 0.154. The predicted molar refractivity (Wildman–Crippen MR) is 129 cm³/mol. The molecule has 0 atom stereocenters. The van der Waals surface area contributed by atoms with E-state index in [1.54, 1.807) is 90.4 Å². The lowest BCUT2D eigenvalue weighted by Gasteiger charge is -2.28. The van der Waals surface area contributed by atoms with E-state index in [9.17, 15) is 19.5 Å². The Morgan fingerprint density at radius 1 is 0.971 bits per heavy atom. The van der Waals surface area contributed by atoms with E-state index in [1.165, 1.54) is 4.68 Å². The molecule has 1 N–H and O–H groups in total. The third kappa shape index (κ3) is 3.76. The topological polar surface area (TPSA) is 107 Å². The number of aromatic carboxylic acids is 1. The minimum atomic E-state index is -1.18. The van der Waals surface area contributed by atoms with E-state index in [1.807, 2.05) is 0 Å². The molecule has 1 aliphatic rings. The molecule has 0 radical (unpaired) electrons. The van der Waals surface area contributed by atoms with Gasteiger partial charge in [0.15, 0.2) is 5.69 Å². The highest BCUT2D eigenvalue weighted by molar-refractivity contribution is 6.09. The van der Waals surface area contributed by atoms with E-state index in [4.69, 9.17) is 4.74 Å². The van der Waals surface area contributed by atoms with Gasteiger partial charge in [0, 0.05) is 35.2 Å². The number of carboxylic acids is 1. The number of benzene rings is 2. The second-order valence-electron chi connectivity index (χ2n) is 8.18. The van der Waals surface area contributed by atoms with Crippen molar-refractivity contribution in [3.05, 3.63) is 99.7 Å². The summed E-state index contributed by atoms with van der Waals surface area (Å²) in [5.74, 6) is -0.890. The predicted octanol–water partition coefficient (Wildman–Crippen LogP) is 3.24. The van der Waals surface area contributed by atoms with Gasteiger partial charge in [0.05, 0.1) is 12.8 Å². The first-order valence-electron chi connectivity index (χ1n) is 11.0. The minimum Gasteiger partial charge on any atom is -0.497 e. The first-order chi connectivity index (χ1) is 16.9. The van der Waals surface area contributed by atoms with Gasteiger partial charge in [0.1, 0.15) is 11.4 Å². The van der Waals surface area contributed by atoms with Crippen molar-refractivity contribution in [1.82, 2.24) is 14.3 Å². The van der Waals surface area contributed by atoms with Gasteiger partial charge < -0.3 is 14.7 Å². The van der Waals surface area contributed by atoms with Gasteiger partial charge in [-0.25, -0.2) is 9.48 Å². The van der Waals surface area contributed by atoms with Crippen LogP contribution in [-0.2, 0) is 6.42 Å². The second-order valence-corrected chi connectivity index (χ2v) is 8.18. The van der Waals surface area contributed by atoms with Crippen LogP contribution in [0.25, 0.3) is 11.4 Å². The van der Waals surface area contributed by atoms with E-state index in [0.29, 0.717) is 46.9 Å². The number of fused-ring (bicyclic) bond motifs is 1. The van der Waals surface area contributed by atoms with E-state index in [0.717, 1.165) is 0 Å². The fourth-order valence-corrected chi connectivity index (χ4v) is 4.29. The number of carbonyl (C=O) groups excluding carboxylic acids is 1. The average Bonchev–Trinajstić information content (AvgIpc) is 3.27. The van der Waals surface area contributed by atoms with Gasteiger partial charge in [0.25, 0.3) is 11.5 Å². The fourth-order valence-electron chi connectivity index (χ4n) is 4.29. The molecule has 0 fully saturated rings. The molecule has 176 valence electrons. The summed E-state index contributed by atoms with van der Waals surface area (Å²) in [5.41, 5.74) is 2.92.